The number of aryl methyl sites for hydroxylation is 1. The van der Waals surface area contributed by atoms with Crippen LogP contribution in [0, 0.1) is 20.8 Å². The summed E-state index contributed by atoms with van der Waals surface area (Å²) in [6.45, 7) is 20.6. The molecule has 0 aliphatic heterocycles. The molecule has 0 spiro atoms. The second-order valence-electron chi connectivity index (χ2n) is 7.37. The molecule has 17 heavy (non-hydrogen) atoms. The van der Waals surface area contributed by atoms with Gasteiger partial charge in [-0.25, -0.2) is 0 Å². The van der Waals surface area contributed by atoms with Gasteiger partial charge in [-0.05, 0) is 59.4 Å². The molecule has 0 saturated heterocycles. The topological polar surface area (TPSA) is 0 Å². The number of hydrogen-bond acceptors (Lipinski definition) is 0. The van der Waals surface area contributed by atoms with E-state index in [1.54, 1.807) is 0 Å². The zero-order chi connectivity index (χ0) is 13.6. The fourth-order valence-electron chi connectivity index (χ4n) is 2.95. The maximum absolute atomic E-state index is 2.37. The average Bonchev–Trinajstić information content (AvgIpc) is 2.07. The van der Waals surface area contributed by atoms with Crippen LogP contribution in [0.15, 0.2) is 6.07 Å². The van der Waals surface area contributed by atoms with E-state index in [2.05, 4.69) is 68.4 Å². The largest absolute Gasteiger partial charge is 0.0561 e. The molecule has 0 N–H and O–H groups in total. The molecule has 0 aliphatic carbocycles. The lowest BCUT2D eigenvalue weighted by atomic mass is 9.73. The van der Waals surface area contributed by atoms with Gasteiger partial charge in [-0.3, -0.25) is 0 Å². The van der Waals surface area contributed by atoms with Crippen LogP contribution in [0.1, 0.15) is 69.4 Å². The van der Waals surface area contributed by atoms with Crippen LogP contribution in [0.25, 0.3) is 0 Å². The monoisotopic (exact) mass is 232 g/mol. The molecule has 0 aliphatic rings. The van der Waals surface area contributed by atoms with Gasteiger partial charge < -0.3 is 0 Å². The summed E-state index contributed by atoms with van der Waals surface area (Å²) in [6.07, 6.45) is 0. The van der Waals surface area contributed by atoms with Gasteiger partial charge >= 0.3 is 0 Å². The third-order valence-electron chi connectivity index (χ3n) is 3.66. The highest BCUT2D eigenvalue weighted by molar-refractivity contribution is 5.49. The lowest BCUT2D eigenvalue weighted by Gasteiger charge is -2.31. The van der Waals surface area contributed by atoms with Crippen LogP contribution in [0.5, 0.6) is 0 Å². The molecule has 0 nitrogen and oxygen atoms in total. The molecule has 1 aromatic rings. The molecule has 0 amide bonds. The molecule has 0 radical (unpaired) electrons. The molecule has 1 aromatic carbocycles. The van der Waals surface area contributed by atoms with E-state index in [4.69, 9.17) is 0 Å². The number of hydrogen-bond donors (Lipinski definition) is 0. The molecule has 0 aromatic heterocycles. The minimum atomic E-state index is 0.222. The average molecular weight is 232 g/mol. The molecule has 0 fully saturated rings. The van der Waals surface area contributed by atoms with Crippen molar-refractivity contribution in [2.24, 2.45) is 0 Å². The Morgan fingerprint density at radius 2 is 1.18 bits per heavy atom. The van der Waals surface area contributed by atoms with E-state index in [0.29, 0.717) is 0 Å². The van der Waals surface area contributed by atoms with E-state index in [1.165, 1.54) is 27.8 Å². The number of rotatable bonds is 0. The Balaban J connectivity index is 3.67. The first-order chi connectivity index (χ1) is 7.46. The predicted octanol–water partition coefficient (Wildman–Crippen LogP) is 5.21. The third kappa shape index (κ3) is 2.73. The molecular weight excluding hydrogens is 204 g/mol. The van der Waals surface area contributed by atoms with Crippen molar-refractivity contribution in [3.8, 4) is 0 Å². The number of benzene rings is 1. The molecule has 1 rings (SSSR count). The summed E-state index contributed by atoms with van der Waals surface area (Å²) in [5.41, 5.74) is 7.83. The molecule has 0 unspecified atom stereocenters. The normalized spacial score (nSPS) is 13.0. The van der Waals surface area contributed by atoms with Crippen LogP contribution in [-0.4, -0.2) is 0 Å². The zero-order valence-electron chi connectivity index (χ0n) is 13.1. The predicted molar refractivity (Wildman–Crippen MR) is 78.1 cm³/mol. The Hall–Kier alpha value is -0.780. The van der Waals surface area contributed by atoms with Crippen molar-refractivity contribution in [1.82, 2.24) is 0 Å². The summed E-state index contributed by atoms with van der Waals surface area (Å²) >= 11 is 0. The standard InChI is InChI=1S/C17H28/c1-11-10-14(16(4,5)6)13(3)15(12(11)2)17(7,8)9/h10H,1-9H3. The smallest absolute Gasteiger partial charge is 0.0126 e. The van der Waals surface area contributed by atoms with Gasteiger partial charge in [0.05, 0.1) is 0 Å². The molecule has 0 atom stereocenters. The second-order valence-corrected chi connectivity index (χ2v) is 7.37. The van der Waals surface area contributed by atoms with Crippen molar-refractivity contribution in [3.63, 3.8) is 0 Å². The Bertz CT molecular complexity index is 423. The minimum absolute atomic E-state index is 0.222. The fraction of sp³-hybridized carbons (Fsp3) is 0.647. The maximum atomic E-state index is 2.37. The Labute approximate surface area is 107 Å². The van der Waals surface area contributed by atoms with Gasteiger partial charge in [-0.1, -0.05) is 47.6 Å². The van der Waals surface area contributed by atoms with Crippen molar-refractivity contribution >= 4 is 0 Å². The Kier molecular flexibility index (Phi) is 3.49. The first-order valence-corrected chi connectivity index (χ1v) is 6.58. The van der Waals surface area contributed by atoms with Crippen LogP contribution in [-0.2, 0) is 10.8 Å². The van der Waals surface area contributed by atoms with Crippen LogP contribution in [0.4, 0.5) is 0 Å². The first kappa shape index (κ1) is 14.3. The zero-order valence-corrected chi connectivity index (χ0v) is 13.1. The van der Waals surface area contributed by atoms with Gasteiger partial charge in [-0.2, -0.15) is 0 Å². The van der Waals surface area contributed by atoms with Gasteiger partial charge in [0.2, 0.25) is 0 Å². The van der Waals surface area contributed by atoms with E-state index in [9.17, 15) is 0 Å². The molecule has 0 bridgehead atoms. The van der Waals surface area contributed by atoms with Crippen molar-refractivity contribution in [1.29, 1.82) is 0 Å². The van der Waals surface area contributed by atoms with Gasteiger partial charge in [0.1, 0.15) is 0 Å². The second kappa shape index (κ2) is 4.15. The van der Waals surface area contributed by atoms with Crippen molar-refractivity contribution in [3.05, 3.63) is 33.9 Å². The van der Waals surface area contributed by atoms with Crippen molar-refractivity contribution in [2.45, 2.75) is 73.1 Å². The lowest BCUT2D eigenvalue weighted by molar-refractivity contribution is 0.557. The molecular formula is C17H28. The highest BCUT2D eigenvalue weighted by atomic mass is 14.3. The Morgan fingerprint density at radius 1 is 0.706 bits per heavy atom. The molecule has 0 heteroatoms. The summed E-state index contributed by atoms with van der Waals surface area (Å²) in [7, 11) is 0. The SMILES string of the molecule is Cc1cc(C(C)(C)C)c(C)c(C(C)(C)C)c1C. The summed E-state index contributed by atoms with van der Waals surface area (Å²) < 4.78 is 0. The van der Waals surface area contributed by atoms with E-state index in [-0.39, 0.29) is 10.8 Å². The van der Waals surface area contributed by atoms with E-state index in [0.717, 1.165) is 0 Å². The quantitative estimate of drug-likeness (QED) is 0.576. The van der Waals surface area contributed by atoms with Crippen LogP contribution < -0.4 is 0 Å². The lowest BCUT2D eigenvalue weighted by Crippen LogP contribution is -2.21. The van der Waals surface area contributed by atoms with Gasteiger partial charge in [0, 0.05) is 0 Å². The van der Waals surface area contributed by atoms with Crippen LogP contribution in [0.3, 0.4) is 0 Å². The summed E-state index contributed by atoms with van der Waals surface area (Å²) in [6, 6.07) is 2.37. The van der Waals surface area contributed by atoms with Gasteiger partial charge in [0.15, 0.2) is 0 Å². The van der Waals surface area contributed by atoms with E-state index in [1.807, 2.05) is 0 Å². The summed E-state index contributed by atoms with van der Waals surface area (Å²) in [5.74, 6) is 0. The third-order valence-corrected chi connectivity index (χ3v) is 3.66. The summed E-state index contributed by atoms with van der Waals surface area (Å²) in [4.78, 5) is 0. The van der Waals surface area contributed by atoms with Gasteiger partial charge in [-0.15, -0.1) is 0 Å². The first-order valence-electron chi connectivity index (χ1n) is 6.58. The minimum Gasteiger partial charge on any atom is -0.0561 e. The summed E-state index contributed by atoms with van der Waals surface area (Å²) in [5, 5.41) is 0. The highest BCUT2D eigenvalue weighted by Gasteiger charge is 2.25. The highest BCUT2D eigenvalue weighted by Crippen LogP contribution is 2.36. The van der Waals surface area contributed by atoms with Crippen molar-refractivity contribution in [2.75, 3.05) is 0 Å². The fourth-order valence-corrected chi connectivity index (χ4v) is 2.95. The van der Waals surface area contributed by atoms with Crippen LogP contribution >= 0.6 is 0 Å². The van der Waals surface area contributed by atoms with Gasteiger partial charge in [0.25, 0.3) is 0 Å². The Morgan fingerprint density at radius 3 is 1.53 bits per heavy atom. The molecule has 0 saturated carbocycles. The van der Waals surface area contributed by atoms with E-state index >= 15 is 0 Å². The maximum Gasteiger partial charge on any atom is -0.0126 e. The molecule has 96 valence electrons. The van der Waals surface area contributed by atoms with Crippen molar-refractivity contribution < 1.29 is 0 Å². The van der Waals surface area contributed by atoms with Crippen LogP contribution in [0.2, 0.25) is 0 Å². The van der Waals surface area contributed by atoms with E-state index < -0.39 is 0 Å². The molecule has 0 heterocycles.